The maximum Gasteiger partial charge on any atom is 0.490 e. The third-order valence-electron chi connectivity index (χ3n) is 5.26. The summed E-state index contributed by atoms with van der Waals surface area (Å²) in [5.41, 5.74) is -1.44. The third kappa shape index (κ3) is 6.87. The molecule has 37 heavy (non-hydrogen) atoms. The van der Waals surface area contributed by atoms with Crippen LogP contribution < -0.4 is 10.6 Å². The van der Waals surface area contributed by atoms with Crippen LogP contribution in [-0.2, 0) is 18.0 Å². The molecule has 1 saturated carbocycles. The van der Waals surface area contributed by atoms with E-state index in [4.69, 9.17) is 9.90 Å². The van der Waals surface area contributed by atoms with Gasteiger partial charge in [0.2, 0.25) is 0 Å². The van der Waals surface area contributed by atoms with Crippen LogP contribution in [0.4, 0.5) is 37.8 Å². The highest BCUT2D eigenvalue weighted by atomic mass is 19.4. The van der Waals surface area contributed by atoms with Crippen molar-refractivity contribution < 1.29 is 46.1 Å². The summed E-state index contributed by atoms with van der Waals surface area (Å²) in [6.45, 7) is 0. The van der Waals surface area contributed by atoms with Crippen LogP contribution in [-0.4, -0.2) is 64.8 Å². The minimum absolute atomic E-state index is 0.0137. The van der Waals surface area contributed by atoms with E-state index in [1.807, 2.05) is 0 Å². The number of carboxylic acids is 1. The van der Waals surface area contributed by atoms with E-state index in [-0.39, 0.29) is 17.3 Å². The fourth-order valence-corrected chi connectivity index (χ4v) is 3.56. The number of aliphatic carboxylic acids is 1. The molecule has 11 nitrogen and oxygen atoms in total. The number of alkyl halides is 6. The van der Waals surface area contributed by atoms with E-state index >= 15 is 0 Å². The second-order valence-electron chi connectivity index (χ2n) is 8.06. The zero-order chi connectivity index (χ0) is 27.5. The zero-order valence-electron chi connectivity index (χ0n) is 19.0. The minimum atomic E-state index is -5.08. The predicted molar refractivity (Wildman–Crippen MR) is 115 cm³/mol. The number of hydrogen-bond donors (Lipinski definition) is 4. The average Bonchev–Trinajstić information content (AvgIpc) is 3.38. The Morgan fingerprint density at radius 2 is 1.78 bits per heavy atom. The molecule has 0 radical (unpaired) electrons. The first-order valence-electron chi connectivity index (χ1n) is 10.7. The van der Waals surface area contributed by atoms with Crippen molar-refractivity contribution in [2.75, 3.05) is 10.6 Å². The first kappa shape index (κ1) is 27.7. The van der Waals surface area contributed by atoms with E-state index in [1.54, 1.807) is 12.3 Å². The lowest BCUT2D eigenvalue weighted by atomic mass is 9.93. The van der Waals surface area contributed by atoms with Gasteiger partial charge in [-0.1, -0.05) is 12.8 Å². The minimum Gasteiger partial charge on any atom is -0.475 e. The Morgan fingerprint density at radius 3 is 2.38 bits per heavy atom. The number of hydrogen-bond acceptors (Lipinski definition) is 7. The van der Waals surface area contributed by atoms with Gasteiger partial charge >= 0.3 is 18.3 Å². The Morgan fingerprint density at radius 1 is 1.14 bits per heavy atom. The molecular weight excluding hydrogens is 516 g/mol. The largest absolute Gasteiger partial charge is 0.490 e. The van der Waals surface area contributed by atoms with E-state index < -0.39 is 41.7 Å². The van der Waals surface area contributed by atoms with Crippen LogP contribution in [0.5, 0.6) is 0 Å². The van der Waals surface area contributed by atoms with E-state index in [1.165, 1.54) is 17.8 Å². The van der Waals surface area contributed by atoms with E-state index in [2.05, 4.69) is 25.8 Å². The fraction of sp³-hybridized carbons (Fsp3) is 0.450. The lowest BCUT2D eigenvalue weighted by Gasteiger charge is -2.28. The Hall–Kier alpha value is -3.89. The number of aliphatic hydroxyl groups is 1. The maximum atomic E-state index is 13.1. The molecule has 2 atom stereocenters. The molecule has 0 aromatic carbocycles. The molecule has 4 rings (SSSR count). The number of carbonyl (C=O) groups excluding carboxylic acids is 1. The standard InChI is InChI=1S/C18H20F3N7O2.C2HF3O2/c1-27-9-12(15(26-27)18(19,20)21)24-17(30)10-8-22-28-7-6-14(25-16(10)28)23-11-4-2-3-5-13(11)29;3-2(4,5)1(6)7/h6-9,11,13,29H,2-5H2,1H3,(H,23,25)(H,24,30);(H,6,7)/t11-,13+;/m0./s1. The lowest BCUT2D eigenvalue weighted by molar-refractivity contribution is -0.192. The number of anilines is 2. The summed E-state index contributed by atoms with van der Waals surface area (Å²) in [5.74, 6) is -3.10. The molecular formula is C20H21F6N7O4. The molecule has 1 fully saturated rings. The molecule has 17 heteroatoms. The molecule has 3 heterocycles. The molecule has 1 aliphatic rings. The Bertz CT molecular complexity index is 1270. The number of nitrogens with zero attached hydrogens (tertiary/aromatic N) is 5. The number of nitrogens with one attached hydrogen (secondary N) is 2. The highest BCUT2D eigenvalue weighted by Crippen LogP contribution is 2.33. The summed E-state index contributed by atoms with van der Waals surface area (Å²) < 4.78 is 73.5. The molecule has 0 saturated heterocycles. The number of aromatic nitrogens is 5. The van der Waals surface area contributed by atoms with Crippen molar-refractivity contribution in [3.63, 3.8) is 0 Å². The smallest absolute Gasteiger partial charge is 0.475 e. The third-order valence-corrected chi connectivity index (χ3v) is 5.26. The summed E-state index contributed by atoms with van der Waals surface area (Å²) in [6, 6.07) is 1.50. The van der Waals surface area contributed by atoms with Gasteiger partial charge in [0, 0.05) is 19.4 Å². The summed E-state index contributed by atoms with van der Waals surface area (Å²) in [5, 5.41) is 30.1. The molecule has 1 amide bonds. The van der Waals surface area contributed by atoms with Crippen molar-refractivity contribution in [1.82, 2.24) is 24.4 Å². The van der Waals surface area contributed by atoms with Crippen molar-refractivity contribution >= 4 is 29.0 Å². The molecule has 0 bridgehead atoms. The zero-order valence-corrected chi connectivity index (χ0v) is 19.0. The van der Waals surface area contributed by atoms with Crippen LogP contribution in [0.1, 0.15) is 41.7 Å². The monoisotopic (exact) mass is 537 g/mol. The fourth-order valence-electron chi connectivity index (χ4n) is 3.56. The predicted octanol–water partition coefficient (Wildman–Crippen LogP) is 3.08. The first-order valence-corrected chi connectivity index (χ1v) is 10.7. The normalized spacial score (nSPS) is 18.2. The van der Waals surface area contributed by atoms with Gasteiger partial charge in [0.25, 0.3) is 5.91 Å². The van der Waals surface area contributed by atoms with Gasteiger partial charge in [-0.2, -0.15) is 36.5 Å². The topological polar surface area (TPSA) is 147 Å². The van der Waals surface area contributed by atoms with Crippen LogP contribution >= 0.6 is 0 Å². The molecule has 4 N–H and O–H groups in total. The van der Waals surface area contributed by atoms with Crippen LogP contribution in [0.25, 0.3) is 5.65 Å². The molecule has 1 aliphatic carbocycles. The molecule has 3 aromatic rings. The quantitative estimate of drug-likeness (QED) is 0.372. The van der Waals surface area contributed by atoms with Gasteiger partial charge in [-0.3, -0.25) is 9.48 Å². The molecule has 0 unspecified atom stereocenters. The number of fused-ring (bicyclic) bond motifs is 1. The SMILES string of the molecule is Cn1cc(NC(=O)c2cnn3ccc(N[C@H]4CCCC[C@H]4O)nc23)c(C(F)(F)F)n1.O=C(O)C(F)(F)F. The Labute approximate surface area is 204 Å². The van der Waals surface area contributed by atoms with Gasteiger partial charge in [0.05, 0.1) is 24.0 Å². The number of halogens is 6. The molecule has 0 spiro atoms. The second-order valence-corrected chi connectivity index (χ2v) is 8.06. The van der Waals surface area contributed by atoms with E-state index in [9.17, 15) is 36.2 Å². The highest BCUT2D eigenvalue weighted by Gasteiger charge is 2.39. The van der Waals surface area contributed by atoms with E-state index in [0.29, 0.717) is 12.2 Å². The van der Waals surface area contributed by atoms with Crippen molar-refractivity contribution in [2.45, 2.75) is 50.2 Å². The van der Waals surface area contributed by atoms with Gasteiger partial charge in [0.1, 0.15) is 11.4 Å². The van der Waals surface area contributed by atoms with Crippen LogP contribution in [0, 0.1) is 0 Å². The van der Waals surface area contributed by atoms with Crippen LogP contribution in [0.15, 0.2) is 24.7 Å². The lowest BCUT2D eigenvalue weighted by Crippen LogP contribution is -2.36. The number of aryl methyl sites for hydroxylation is 1. The van der Waals surface area contributed by atoms with Gasteiger partial charge in [-0.05, 0) is 18.9 Å². The van der Waals surface area contributed by atoms with Crippen molar-refractivity contribution in [3.8, 4) is 0 Å². The Balaban J connectivity index is 0.000000479. The van der Waals surface area contributed by atoms with Crippen molar-refractivity contribution in [1.29, 1.82) is 0 Å². The Kier molecular flexibility index (Phi) is 7.94. The first-order chi connectivity index (χ1) is 17.2. The number of aliphatic hydroxyl groups excluding tert-OH is 1. The summed E-state index contributed by atoms with van der Waals surface area (Å²) >= 11 is 0. The molecule has 202 valence electrons. The number of amides is 1. The van der Waals surface area contributed by atoms with Crippen LogP contribution in [0.2, 0.25) is 0 Å². The summed E-state index contributed by atoms with van der Waals surface area (Å²) in [4.78, 5) is 25.9. The van der Waals surface area contributed by atoms with Gasteiger partial charge < -0.3 is 20.8 Å². The molecule has 3 aromatic heterocycles. The second kappa shape index (κ2) is 10.6. The van der Waals surface area contributed by atoms with Gasteiger partial charge in [0.15, 0.2) is 11.3 Å². The van der Waals surface area contributed by atoms with Gasteiger partial charge in [-0.15, -0.1) is 0 Å². The summed E-state index contributed by atoms with van der Waals surface area (Å²) in [6.07, 6.45) is -2.93. The van der Waals surface area contributed by atoms with Crippen molar-refractivity contribution in [3.05, 3.63) is 35.9 Å². The summed E-state index contributed by atoms with van der Waals surface area (Å²) in [7, 11) is 1.33. The molecule has 0 aliphatic heterocycles. The van der Waals surface area contributed by atoms with Gasteiger partial charge in [-0.25, -0.2) is 14.3 Å². The van der Waals surface area contributed by atoms with Crippen molar-refractivity contribution in [2.24, 2.45) is 7.05 Å². The average molecular weight is 537 g/mol. The maximum absolute atomic E-state index is 13.1. The number of rotatable bonds is 4. The highest BCUT2D eigenvalue weighted by molar-refractivity contribution is 6.08. The number of carbonyl (C=O) groups is 2. The van der Waals surface area contributed by atoms with E-state index in [0.717, 1.165) is 30.1 Å². The number of carboxylic acid groups (broad SMARTS) is 1. The van der Waals surface area contributed by atoms with Crippen LogP contribution in [0.3, 0.4) is 0 Å².